The molecule has 0 bridgehead atoms. The van der Waals surface area contributed by atoms with E-state index in [9.17, 15) is 8.42 Å². The maximum Gasteiger partial charge on any atom is 0.301 e. The summed E-state index contributed by atoms with van der Waals surface area (Å²) in [7, 11) is -0.795. The molecule has 9 heteroatoms. The zero-order valence-corrected chi connectivity index (χ0v) is 13.3. The molecule has 0 radical (unpaired) electrons. The van der Waals surface area contributed by atoms with Crippen LogP contribution in [0.3, 0.4) is 0 Å². The van der Waals surface area contributed by atoms with Crippen LogP contribution in [-0.4, -0.2) is 53.2 Å². The van der Waals surface area contributed by atoms with Crippen LogP contribution < -0.4 is 14.2 Å². The molecule has 0 aliphatic carbocycles. The Morgan fingerprint density at radius 1 is 1.19 bits per heavy atom. The lowest BCUT2D eigenvalue weighted by atomic mass is 10.3. The van der Waals surface area contributed by atoms with Crippen LogP contribution in [-0.2, 0) is 14.9 Å². The standard InChI is InChI=1S/C12H17ClN2O5S/c1-18-11-8-10(12(19-2)7-9(11)13)14-21(16,17)15-3-5-20-6-4-15/h7-8,14H,3-6H2,1-2H3. The van der Waals surface area contributed by atoms with Gasteiger partial charge >= 0.3 is 10.2 Å². The molecule has 1 aliphatic heterocycles. The van der Waals surface area contributed by atoms with Gasteiger partial charge in [0.15, 0.2) is 0 Å². The van der Waals surface area contributed by atoms with Crippen LogP contribution in [0.1, 0.15) is 0 Å². The minimum atomic E-state index is -3.68. The average Bonchev–Trinajstić information content (AvgIpc) is 2.49. The van der Waals surface area contributed by atoms with Crippen molar-refractivity contribution in [2.75, 3.05) is 45.2 Å². The molecule has 0 unspecified atom stereocenters. The molecule has 0 amide bonds. The highest BCUT2D eigenvalue weighted by Crippen LogP contribution is 2.36. The van der Waals surface area contributed by atoms with E-state index in [0.717, 1.165) is 0 Å². The first kappa shape index (κ1) is 16.2. The lowest BCUT2D eigenvalue weighted by Crippen LogP contribution is -2.43. The molecule has 1 fully saturated rings. The van der Waals surface area contributed by atoms with E-state index in [4.69, 9.17) is 25.8 Å². The third-order valence-corrected chi connectivity index (χ3v) is 4.84. The first-order chi connectivity index (χ1) is 9.97. The summed E-state index contributed by atoms with van der Waals surface area (Å²) in [5.74, 6) is 0.676. The molecule has 1 saturated heterocycles. The van der Waals surface area contributed by atoms with Crippen molar-refractivity contribution in [2.45, 2.75) is 0 Å². The van der Waals surface area contributed by atoms with Crippen molar-refractivity contribution in [2.24, 2.45) is 0 Å². The number of rotatable bonds is 5. The number of morpholine rings is 1. The van der Waals surface area contributed by atoms with Crippen LogP contribution in [0.25, 0.3) is 0 Å². The maximum atomic E-state index is 12.3. The molecule has 1 heterocycles. The highest BCUT2D eigenvalue weighted by Gasteiger charge is 2.25. The van der Waals surface area contributed by atoms with E-state index in [0.29, 0.717) is 42.8 Å². The van der Waals surface area contributed by atoms with Crippen molar-refractivity contribution in [3.8, 4) is 11.5 Å². The van der Waals surface area contributed by atoms with Gasteiger partial charge in [0, 0.05) is 25.2 Å². The predicted octanol–water partition coefficient (Wildman–Crippen LogP) is 1.35. The molecule has 1 aromatic carbocycles. The quantitative estimate of drug-likeness (QED) is 0.878. The minimum absolute atomic E-state index is 0.269. The molecule has 0 saturated carbocycles. The molecule has 0 atom stereocenters. The van der Waals surface area contributed by atoms with Gasteiger partial charge in [-0.25, -0.2) is 0 Å². The minimum Gasteiger partial charge on any atom is -0.495 e. The van der Waals surface area contributed by atoms with Gasteiger partial charge in [0.25, 0.3) is 0 Å². The lowest BCUT2D eigenvalue weighted by molar-refractivity contribution is 0.0733. The summed E-state index contributed by atoms with van der Waals surface area (Å²) >= 11 is 5.99. The topological polar surface area (TPSA) is 77.1 Å². The van der Waals surface area contributed by atoms with Gasteiger partial charge < -0.3 is 14.2 Å². The molecule has 21 heavy (non-hydrogen) atoms. The number of ether oxygens (including phenoxy) is 3. The van der Waals surface area contributed by atoms with E-state index >= 15 is 0 Å². The summed E-state index contributed by atoms with van der Waals surface area (Å²) in [4.78, 5) is 0. The molecule has 118 valence electrons. The first-order valence-corrected chi connectivity index (χ1v) is 8.07. The summed E-state index contributed by atoms with van der Waals surface area (Å²) in [6.07, 6.45) is 0. The van der Waals surface area contributed by atoms with Crippen LogP contribution in [0.4, 0.5) is 5.69 Å². The van der Waals surface area contributed by atoms with E-state index in [1.54, 1.807) is 0 Å². The van der Waals surface area contributed by atoms with Gasteiger partial charge in [0.2, 0.25) is 0 Å². The number of anilines is 1. The zero-order valence-electron chi connectivity index (χ0n) is 11.8. The molecule has 1 aromatic rings. The van der Waals surface area contributed by atoms with Gasteiger partial charge in [-0.15, -0.1) is 0 Å². The SMILES string of the molecule is COc1cc(NS(=O)(=O)N2CCOCC2)c(OC)cc1Cl. The normalized spacial score (nSPS) is 16.5. The van der Waals surface area contributed by atoms with Gasteiger partial charge in [-0.1, -0.05) is 11.6 Å². The Hall–Kier alpha value is -1.22. The largest absolute Gasteiger partial charge is 0.495 e. The fraction of sp³-hybridized carbons (Fsp3) is 0.500. The number of hydrogen-bond acceptors (Lipinski definition) is 5. The van der Waals surface area contributed by atoms with Crippen LogP contribution in [0.5, 0.6) is 11.5 Å². The highest BCUT2D eigenvalue weighted by molar-refractivity contribution is 7.90. The van der Waals surface area contributed by atoms with Gasteiger partial charge in [0.05, 0.1) is 38.1 Å². The number of nitrogens with zero attached hydrogens (tertiary/aromatic N) is 1. The van der Waals surface area contributed by atoms with Gasteiger partial charge in [-0.2, -0.15) is 12.7 Å². The van der Waals surface area contributed by atoms with E-state index in [2.05, 4.69) is 4.72 Å². The molecule has 1 aliphatic rings. The second kappa shape index (κ2) is 6.69. The van der Waals surface area contributed by atoms with Crippen molar-refractivity contribution >= 4 is 27.5 Å². The van der Waals surface area contributed by atoms with Crippen molar-refractivity contribution in [1.82, 2.24) is 4.31 Å². The molecule has 1 N–H and O–H groups in total. The summed E-state index contributed by atoms with van der Waals surface area (Å²) < 4.78 is 43.9. The van der Waals surface area contributed by atoms with Gasteiger partial charge in [-0.3, -0.25) is 4.72 Å². The second-order valence-corrected chi connectivity index (χ2v) is 6.38. The number of methoxy groups -OCH3 is 2. The monoisotopic (exact) mass is 336 g/mol. The Labute approximate surface area is 128 Å². The number of halogens is 1. The lowest BCUT2D eigenvalue weighted by Gasteiger charge is -2.26. The van der Waals surface area contributed by atoms with E-state index < -0.39 is 10.2 Å². The molecular formula is C12H17ClN2O5S. The Kier molecular flexibility index (Phi) is 5.15. The molecule has 0 spiro atoms. The summed E-state index contributed by atoms with van der Waals surface area (Å²) in [6.45, 7) is 1.37. The van der Waals surface area contributed by atoms with Crippen molar-refractivity contribution < 1.29 is 22.6 Å². The van der Waals surface area contributed by atoms with Crippen molar-refractivity contribution in [3.63, 3.8) is 0 Å². The number of benzene rings is 1. The van der Waals surface area contributed by atoms with E-state index in [-0.39, 0.29) is 5.69 Å². The van der Waals surface area contributed by atoms with Crippen molar-refractivity contribution in [1.29, 1.82) is 0 Å². The van der Waals surface area contributed by atoms with Gasteiger partial charge in [-0.05, 0) is 0 Å². The molecular weight excluding hydrogens is 320 g/mol. The predicted molar refractivity (Wildman–Crippen MR) is 79.5 cm³/mol. The zero-order chi connectivity index (χ0) is 15.5. The Bertz CT molecular complexity index is 602. The second-order valence-electron chi connectivity index (χ2n) is 4.31. The summed E-state index contributed by atoms with van der Waals surface area (Å²) in [5.41, 5.74) is 0.269. The number of hydrogen-bond donors (Lipinski definition) is 1. The van der Waals surface area contributed by atoms with Crippen molar-refractivity contribution in [3.05, 3.63) is 17.2 Å². The summed E-state index contributed by atoms with van der Waals surface area (Å²) in [5, 5.41) is 0.337. The maximum absolute atomic E-state index is 12.3. The first-order valence-electron chi connectivity index (χ1n) is 6.25. The van der Waals surface area contributed by atoms with Gasteiger partial charge in [0.1, 0.15) is 11.5 Å². The average molecular weight is 337 g/mol. The van der Waals surface area contributed by atoms with Crippen LogP contribution in [0.2, 0.25) is 5.02 Å². The summed E-state index contributed by atoms with van der Waals surface area (Å²) in [6, 6.07) is 2.98. The van der Waals surface area contributed by atoms with Crippen LogP contribution in [0, 0.1) is 0 Å². The fourth-order valence-corrected chi connectivity index (χ4v) is 3.36. The Balaban J connectivity index is 2.29. The number of nitrogens with one attached hydrogen (secondary N) is 1. The Morgan fingerprint density at radius 2 is 1.81 bits per heavy atom. The van der Waals surface area contributed by atoms with Crippen LogP contribution >= 0.6 is 11.6 Å². The van der Waals surface area contributed by atoms with E-state index in [1.807, 2.05) is 0 Å². The highest BCUT2D eigenvalue weighted by atomic mass is 35.5. The van der Waals surface area contributed by atoms with Crippen LogP contribution in [0.15, 0.2) is 12.1 Å². The fourth-order valence-electron chi connectivity index (χ4n) is 1.93. The molecule has 0 aromatic heterocycles. The third-order valence-electron chi connectivity index (χ3n) is 3.02. The Morgan fingerprint density at radius 3 is 2.38 bits per heavy atom. The molecule has 2 rings (SSSR count). The van der Waals surface area contributed by atoms with E-state index in [1.165, 1.54) is 30.7 Å². The molecule has 7 nitrogen and oxygen atoms in total. The third kappa shape index (κ3) is 3.70. The smallest absolute Gasteiger partial charge is 0.301 e.